The van der Waals surface area contributed by atoms with Gasteiger partial charge in [-0.1, -0.05) is 24.3 Å². The molecule has 0 aliphatic heterocycles. The Balaban J connectivity index is 1.77. The van der Waals surface area contributed by atoms with Crippen molar-refractivity contribution in [2.24, 2.45) is 7.05 Å². The Morgan fingerprint density at radius 1 is 1.29 bits per heavy atom. The van der Waals surface area contributed by atoms with Crippen LogP contribution >= 0.6 is 0 Å². The van der Waals surface area contributed by atoms with Crippen molar-refractivity contribution >= 4 is 0 Å². The molecule has 0 saturated carbocycles. The number of rotatable bonds is 5. The molecule has 0 spiro atoms. The minimum atomic E-state index is 0.766. The van der Waals surface area contributed by atoms with Crippen LogP contribution < -0.4 is 5.32 Å². The highest BCUT2D eigenvalue weighted by Crippen LogP contribution is 2.06. The van der Waals surface area contributed by atoms with Crippen LogP contribution in [0.3, 0.4) is 0 Å². The first kappa shape index (κ1) is 11.8. The van der Waals surface area contributed by atoms with Crippen molar-refractivity contribution in [2.75, 3.05) is 6.54 Å². The molecule has 0 amide bonds. The van der Waals surface area contributed by atoms with Gasteiger partial charge in [0.25, 0.3) is 0 Å². The van der Waals surface area contributed by atoms with E-state index in [2.05, 4.69) is 46.7 Å². The number of nitrogens with zero attached hydrogens (tertiary/aromatic N) is 3. The summed E-state index contributed by atoms with van der Waals surface area (Å²) < 4.78 is 1.93. The summed E-state index contributed by atoms with van der Waals surface area (Å²) in [6, 6.07) is 8.49. The van der Waals surface area contributed by atoms with Gasteiger partial charge in [-0.15, -0.1) is 10.2 Å². The van der Waals surface area contributed by atoms with Crippen molar-refractivity contribution in [3.63, 3.8) is 0 Å². The summed E-state index contributed by atoms with van der Waals surface area (Å²) >= 11 is 0. The number of hydrogen-bond acceptors (Lipinski definition) is 3. The van der Waals surface area contributed by atoms with E-state index in [0.717, 1.165) is 25.3 Å². The Labute approximate surface area is 102 Å². The zero-order chi connectivity index (χ0) is 12.1. The summed E-state index contributed by atoms with van der Waals surface area (Å²) in [5.74, 6) is 0.967. The lowest BCUT2D eigenvalue weighted by Gasteiger charge is -2.06. The smallest absolute Gasteiger partial charge is 0.146 e. The predicted molar refractivity (Wildman–Crippen MR) is 67.6 cm³/mol. The lowest BCUT2D eigenvalue weighted by Crippen LogP contribution is -2.19. The van der Waals surface area contributed by atoms with Crippen LogP contribution in [-0.4, -0.2) is 21.3 Å². The van der Waals surface area contributed by atoms with Crippen molar-refractivity contribution < 1.29 is 0 Å². The second-order valence-corrected chi connectivity index (χ2v) is 4.21. The van der Waals surface area contributed by atoms with Crippen LogP contribution in [0.15, 0.2) is 30.6 Å². The zero-order valence-electron chi connectivity index (χ0n) is 10.3. The Morgan fingerprint density at radius 3 is 2.82 bits per heavy atom. The predicted octanol–water partition coefficient (Wildman–Crippen LogP) is 1.46. The summed E-state index contributed by atoms with van der Waals surface area (Å²) in [4.78, 5) is 0. The number of hydrogen-bond donors (Lipinski definition) is 1. The van der Waals surface area contributed by atoms with Crippen molar-refractivity contribution in [1.29, 1.82) is 0 Å². The molecule has 17 heavy (non-hydrogen) atoms. The number of benzene rings is 1. The first-order valence-electron chi connectivity index (χ1n) is 5.85. The summed E-state index contributed by atoms with van der Waals surface area (Å²) in [5, 5.41) is 11.3. The fourth-order valence-electron chi connectivity index (χ4n) is 1.78. The van der Waals surface area contributed by atoms with Gasteiger partial charge in [0.15, 0.2) is 0 Å². The number of aryl methyl sites for hydroxylation is 2. The van der Waals surface area contributed by atoms with Crippen LogP contribution in [0.1, 0.15) is 17.0 Å². The third-order valence-electron chi connectivity index (χ3n) is 2.92. The topological polar surface area (TPSA) is 42.7 Å². The molecule has 2 aromatic rings. The van der Waals surface area contributed by atoms with Crippen LogP contribution in [0.2, 0.25) is 0 Å². The molecular formula is C13H18N4. The van der Waals surface area contributed by atoms with Gasteiger partial charge in [-0.2, -0.15) is 0 Å². The molecule has 1 aromatic carbocycles. The van der Waals surface area contributed by atoms with E-state index in [9.17, 15) is 0 Å². The zero-order valence-corrected chi connectivity index (χ0v) is 10.3. The van der Waals surface area contributed by atoms with Gasteiger partial charge in [0.1, 0.15) is 12.2 Å². The van der Waals surface area contributed by atoms with Crippen molar-refractivity contribution in [3.05, 3.63) is 47.5 Å². The van der Waals surface area contributed by atoms with Gasteiger partial charge < -0.3 is 9.88 Å². The highest BCUT2D eigenvalue weighted by molar-refractivity contribution is 5.25. The average Bonchev–Trinajstić information content (AvgIpc) is 2.73. The van der Waals surface area contributed by atoms with Crippen LogP contribution in [0.25, 0.3) is 0 Å². The molecule has 0 radical (unpaired) electrons. The van der Waals surface area contributed by atoms with Crippen molar-refractivity contribution in [3.8, 4) is 0 Å². The molecule has 0 aliphatic rings. The van der Waals surface area contributed by atoms with Crippen LogP contribution in [0.5, 0.6) is 0 Å². The minimum absolute atomic E-state index is 0.766. The average molecular weight is 230 g/mol. The molecule has 90 valence electrons. The first-order chi connectivity index (χ1) is 8.27. The summed E-state index contributed by atoms with van der Waals surface area (Å²) in [5.41, 5.74) is 2.76. The lowest BCUT2D eigenvalue weighted by atomic mass is 10.1. The summed E-state index contributed by atoms with van der Waals surface area (Å²) in [6.07, 6.45) is 2.77. The van der Waals surface area contributed by atoms with Gasteiger partial charge in [0, 0.05) is 7.05 Å². The van der Waals surface area contributed by atoms with Gasteiger partial charge in [-0.25, -0.2) is 0 Å². The van der Waals surface area contributed by atoms with Crippen molar-refractivity contribution in [1.82, 2.24) is 20.1 Å². The molecule has 0 atom stereocenters. The fourth-order valence-corrected chi connectivity index (χ4v) is 1.78. The van der Waals surface area contributed by atoms with Gasteiger partial charge in [0.2, 0.25) is 0 Å². The standard InChI is InChI=1S/C13H18N4/c1-11-5-3-4-6-12(11)7-8-14-9-13-16-15-10-17(13)2/h3-6,10,14H,7-9H2,1-2H3. The molecular weight excluding hydrogens is 212 g/mol. The molecule has 4 heteroatoms. The molecule has 1 aromatic heterocycles. The molecule has 1 heterocycles. The quantitative estimate of drug-likeness (QED) is 0.791. The van der Waals surface area contributed by atoms with Crippen molar-refractivity contribution in [2.45, 2.75) is 19.9 Å². The molecule has 0 unspecified atom stereocenters. The van der Waals surface area contributed by atoms with E-state index in [0.29, 0.717) is 0 Å². The van der Waals surface area contributed by atoms with Gasteiger partial charge in [-0.3, -0.25) is 0 Å². The van der Waals surface area contributed by atoms with Gasteiger partial charge in [-0.05, 0) is 31.0 Å². The summed E-state index contributed by atoms with van der Waals surface area (Å²) in [6.45, 7) is 3.87. The highest BCUT2D eigenvalue weighted by Gasteiger charge is 2.00. The monoisotopic (exact) mass is 230 g/mol. The van der Waals surface area contributed by atoms with Crippen LogP contribution in [0, 0.1) is 6.92 Å². The highest BCUT2D eigenvalue weighted by atomic mass is 15.3. The van der Waals surface area contributed by atoms with E-state index < -0.39 is 0 Å². The second kappa shape index (κ2) is 5.59. The van der Waals surface area contributed by atoms with E-state index >= 15 is 0 Å². The Morgan fingerprint density at radius 2 is 2.12 bits per heavy atom. The maximum absolute atomic E-state index is 4.03. The molecule has 0 fully saturated rings. The Hall–Kier alpha value is -1.68. The third kappa shape index (κ3) is 3.14. The number of nitrogens with one attached hydrogen (secondary N) is 1. The Bertz CT molecular complexity index is 476. The summed E-state index contributed by atoms with van der Waals surface area (Å²) in [7, 11) is 1.96. The van der Waals surface area contributed by atoms with Crippen LogP contribution in [-0.2, 0) is 20.0 Å². The minimum Gasteiger partial charge on any atom is -0.320 e. The SMILES string of the molecule is Cc1ccccc1CCNCc1nncn1C. The van der Waals surface area contributed by atoms with E-state index in [-0.39, 0.29) is 0 Å². The fraction of sp³-hybridized carbons (Fsp3) is 0.385. The Kier molecular flexibility index (Phi) is 3.88. The molecule has 0 bridgehead atoms. The van der Waals surface area contributed by atoms with E-state index in [1.807, 2.05) is 11.6 Å². The maximum atomic E-state index is 4.03. The van der Waals surface area contributed by atoms with E-state index in [1.165, 1.54) is 11.1 Å². The largest absolute Gasteiger partial charge is 0.320 e. The molecule has 4 nitrogen and oxygen atoms in total. The second-order valence-electron chi connectivity index (χ2n) is 4.21. The van der Waals surface area contributed by atoms with Crippen LogP contribution in [0.4, 0.5) is 0 Å². The van der Waals surface area contributed by atoms with E-state index in [4.69, 9.17) is 0 Å². The van der Waals surface area contributed by atoms with Gasteiger partial charge in [0.05, 0.1) is 6.54 Å². The first-order valence-corrected chi connectivity index (χ1v) is 5.85. The third-order valence-corrected chi connectivity index (χ3v) is 2.92. The normalized spacial score (nSPS) is 10.7. The lowest BCUT2D eigenvalue weighted by molar-refractivity contribution is 0.635. The molecule has 1 N–H and O–H groups in total. The van der Waals surface area contributed by atoms with E-state index in [1.54, 1.807) is 6.33 Å². The number of aromatic nitrogens is 3. The molecule has 0 saturated heterocycles. The van der Waals surface area contributed by atoms with Gasteiger partial charge >= 0.3 is 0 Å². The molecule has 0 aliphatic carbocycles. The maximum Gasteiger partial charge on any atom is 0.146 e. The molecule has 2 rings (SSSR count).